The molecule has 7 heteroatoms. The van der Waals surface area contributed by atoms with Crippen LogP contribution in [0.2, 0.25) is 0 Å². The number of hydrazine groups is 1. The molecule has 1 aliphatic heterocycles. The van der Waals surface area contributed by atoms with Gasteiger partial charge in [0, 0.05) is 31.9 Å². The van der Waals surface area contributed by atoms with Crippen LogP contribution in [0.4, 0.5) is 11.8 Å². The molecular formula is C12H20N6O. The van der Waals surface area contributed by atoms with E-state index in [1.807, 2.05) is 38.8 Å². The van der Waals surface area contributed by atoms with Gasteiger partial charge in [0.2, 0.25) is 11.9 Å². The Hall–Kier alpha value is -1.89. The molecule has 2 rings (SSSR count). The topological polar surface area (TPSA) is 87.4 Å². The molecule has 104 valence electrons. The number of anilines is 2. The van der Waals surface area contributed by atoms with Gasteiger partial charge in [-0.05, 0) is 20.8 Å². The summed E-state index contributed by atoms with van der Waals surface area (Å²) in [5.41, 5.74) is 2.63. The zero-order valence-electron chi connectivity index (χ0n) is 11.8. The first kappa shape index (κ1) is 13.5. The standard InChI is InChI=1S/C12H20N6O/c1-8-7-9(15-11(14-8)16-13)18-6-5-17(4)10(19)12(18,2)3/h7H,5-6,13H2,1-4H3,(H,14,15,16). The molecule has 1 aromatic heterocycles. The number of nitrogens with one attached hydrogen (secondary N) is 1. The third kappa shape index (κ3) is 2.33. The van der Waals surface area contributed by atoms with Gasteiger partial charge in [0.05, 0.1) is 0 Å². The van der Waals surface area contributed by atoms with Gasteiger partial charge in [-0.3, -0.25) is 10.2 Å². The van der Waals surface area contributed by atoms with Gasteiger partial charge in [0.25, 0.3) is 0 Å². The van der Waals surface area contributed by atoms with Crippen molar-refractivity contribution >= 4 is 17.7 Å². The van der Waals surface area contributed by atoms with E-state index in [9.17, 15) is 4.79 Å². The molecule has 3 N–H and O–H groups in total. The number of hydrogen-bond donors (Lipinski definition) is 2. The Morgan fingerprint density at radius 3 is 2.68 bits per heavy atom. The molecule has 0 aliphatic carbocycles. The first-order valence-corrected chi connectivity index (χ1v) is 6.22. The molecule has 1 saturated heterocycles. The fraction of sp³-hybridized carbons (Fsp3) is 0.583. The maximum Gasteiger partial charge on any atom is 0.247 e. The van der Waals surface area contributed by atoms with E-state index in [1.165, 1.54) is 0 Å². The molecule has 0 saturated carbocycles. The highest BCUT2D eigenvalue weighted by molar-refractivity contribution is 5.90. The summed E-state index contributed by atoms with van der Waals surface area (Å²) in [4.78, 5) is 24.5. The van der Waals surface area contributed by atoms with E-state index in [-0.39, 0.29) is 5.91 Å². The molecule has 2 heterocycles. The number of amides is 1. The van der Waals surface area contributed by atoms with E-state index in [0.29, 0.717) is 18.3 Å². The zero-order chi connectivity index (χ0) is 14.2. The summed E-state index contributed by atoms with van der Waals surface area (Å²) < 4.78 is 0. The van der Waals surface area contributed by atoms with Crippen LogP contribution in [0.1, 0.15) is 19.5 Å². The Kier molecular flexibility index (Phi) is 3.32. The average molecular weight is 264 g/mol. The molecule has 19 heavy (non-hydrogen) atoms. The number of nitrogens with zero attached hydrogens (tertiary/aromatic N) is 4. The van der Waals surface area contributed by atoms with Crippen LogP contribution < -0.4 is 16.2 Å². The van der Waals surface area contributed by atoms with E-state index < -0.39 is 5.54 Å². The van der Waals surface area contributed by atoms with Gasteiger partial charge in [0.1, 0.15) is 11.4 Å². The van der Waals surface area contributed by atoms with Crippen molar-refractivity contribution in [3.8, 4) is 0 Å². The second-order valence-electron chi connectivity index (χ2n) is 5.27. The van der Waals surface area contributed by atoms with Crippen LogP contribution in [0.5, 0.6) is 0 Å². The van der Waals surface area contributed by atoms with Gasteiger partial charge in [-0.25, -0.2) is 10.8 Å². The first-order chi connectivity index (χ1) is 8.86. The van der Waals surface area contributed by atoms with Crippen LogP contribution in [0.3, 0.4) is 0 Å². The fourth-order valence-corrected chi connectivity index (χ4v) is 2.37. The van der Waals surface area contributed by atoms with Crippen molar-refractivity contribution < 1.29 is 4.79 Å². The number of piperazine rings is 1. The summed E-state index contributed by atoms with van der Waals surface area (Å²) in [6.45, 7) is 7.08. The number of nitrogen functional groups attached to an aromatic ring is 1. The molecule has 1 aliphatic rings. The van der Waals surface area contributed by atoms with Gasteiger partial charge in [-0.2, -0.15) is 4.98 Å². The van der Waals surface area contributed by atoms with Gasteiger partial charge < -0.3 is 9.80 Å². The number of aryl methyl sites for hydroxylation is 1. The predicted octanol–water partition coefficient (Wildman–Crippen LogP) is 0.128. The third-order valence-corrected chi connectivity index (χ3v) is 3.45. The van der Waals surface area contributed by atoms with Crippen LogP contribution in [0.25, 0.3) is 0 Å². The summed E-state index contributed by atoms with van der Waals surface area (Å²) in [7, 11) is 1.82. The molecule has 7 nitrogen and oxygen atoms in total. The fourth-order valence-electron chi connectivity index (χ4n) is 2.37. The maximum absolute atomic E-state index is 12.3. The van der Waals surface area contributed by atoms with Crippen molar-refractivity contribution in [2.24, 2.45) is 5.84 Å². The molecule has 1 fully saturated rings. The average Bonchev–Trinajstić information content (AvgIpc) is 2.35. The number of likely N-dealkylation sites (N-methyl/N-ethyl adjacent to an activating group) is 1. The van der Waals surface area contributed by atoms with Gasteiger partial charge >= 0.3 is 0 Å². The summed E-state index contributed by atoms with van der Waals surface area (Å²) in [6.07, 6.45) is 0. The van der Waals surface area contributed by atoms with Crippen molar-refractivity contribution in [3.05, 3.63) is 11.8 Å². The predicted molar refractivity (Wildman–Crippen MR) is 73.6 cm³/mol. The first-order valence-electron chi connectivity index (χ1n) is 6.22. The number of hydrogen-bond acceptors (Lipinski definition) is 6. The number of carbonyl (C=O) groups is 1. The minimum atomic E-state index is -0.625. The molecule has 0 bridgehead atoms. The van der Waals surface area contributed by atoms with Gasteiger partial charge in [-0.15, -0.1) is 0 Å². The minimum absolute atomic E-state index is 0.0808. The van der Waals surface area contributed by atoms with Crippen LogP contribution >= 0.6 is 0 Å². The lowest BCUT2D eigenvalue weighted by molar-refractivity contribution is -0.136. The molecule has 0 spiro atoms. The Morgan fingerprint density at radius 2 is 2.05 bits per heavy atom. The normalized spacial score (nSPS) is 18.7. The highest BCUT2D eigenvalue weighted by Crippen LogP contribution is 2.27. The molecule has 1 amide bonds. The monoisotopic (exact) mass is 264 g/mol. The highest BCUT2D eigenvalue weighted by atomic mass is 16.2. The third-order valence-electron chi connectivity index (χ3n) is 3.45. The molecule has 0 atom stereocenters. The van der Waals surface area contributed by atoms with E-state index in [0.717, 1.165) is 12.2 Å². The van der Waals surface area contributed by atoms with Gasteiger partial charge in [-0.1, -0.05) is 0 Å². The molecular weight excluding hydrogens is 244 g/mol. The van der Waals surface area contributed by atoms with Crippen molar-refractivity contribution in [2.75, 3.05) is 30.5 Å². The molecule has 0 radical (unpaired) electrons. The number of carbonyl (C=O) groups excluding carboxylic acids is 1. The van der Waals surface area contributed by atoms with Gasteiger partial charge in [0.15, 0.2) is 0 Å². The SMILES string of the molecule is Cc1cc(N2CCN(C)C(=O)C2(C)C)nc(NN)n1. The van der Waals surface area contributed by atoms with Crippen molar-refractivity contribution in [1.29, 1.82) is 0 Å². The zero-order valence-corrected chi connectivity index (χ0v) is 11.8. The largest absolute Gasteiger partial charge is 0.342 e. The van der Waals surface area contributed by atoms with Crippen LogP contribution in [-0.2, 0) is 4.79 Å². The Balaban J connectivity index is 2.41. The minimum Gasteiger partial charge on any atom is -0.342 e. The van der Waals surface area contributed by atoms with E-state index in [4.69, 9.17) is 5.84 Å². The molecule has 1 aromatic rings. The van der Waals surface area contributed by atoms with Crippen LogP contribution in [0, 0.1) is 6.92 Å². The highest BCUT2D eigenvalue weighted by Gasteiger charge is 2.41. The van der Waals surface area contributed by atoms with E-state index >= 15 is 0 Å². The second kappa shape index (κ2) is 4.65. The summed E-state index contributed by atoms with van der Waals surface area (Å²) in [5, 5.41) is 0. The van der Waals surface area contributed by atoms with Crippen molar-refractivity contribution in [1.82, 2.24) is 14.9 Å². The summed E-state index contributed by atoms with van der Waals surface area (Å²) in [5.74, 6) is 6.52. The Morgan fingerprint density at radius 1 is 1.37 bits per heavy atom. The number of nitrogens with two attached hydrogens (primary N) is 1. The smallest absolute Gasteiger partial charge is 0.247 e. The van der Waals surface area contributed by atoms with Crippen LogP contribution in [-0.4, -0.2) is 46.5 Å². The maximum atomic E-state index is 12.3. The lowest BCUT2D eigenvalue weighted by Gasteiger charge is -2.45. The molecule has 0 unspecified atom stereocenters. The van der Waals surface area contributed by atoms with Crippen molar-refractivity contribution in [2.45, 2.75) is 26.3 Å². The number of rotatable bonds is 2. The second-order valence-corrected chi connectivity index (χ2v) is 5.27. The summed E-state index contributed by atoms with van der Waals surface area (Å²) >= 11 is 0. The quantitative estimate of drug-likeness (QED) is 0.583. The Bertz CT molecular complexity index is 501. The lowest BCUT2D eigenvalue weighted by atomic mass is 9.98. The van der Waals surface area contributed by atoms with Crippen molar-refractivity contribution in [3.63, 3.8) is 0 Å². The van der Waals surface area contributed by atoms with E-state index in [1.54, 1.807) is 4.90 Å². The lowest BCUT2D eigenvalue weighted by Crippen LogP contribution is -2.62. The molecule has 0 aromatic carbocycles. The van der Waals surface area contributed by atoms with Crippen LogP contribution in [0.15, 0.2) is 6.07 Å². The number of aromatic nitrogens is 2. The summed E-state index contributed by atoms with van der Waals surface area (Å²) in [6, 6.07) is 1.86. The van der Waals surface area contributed by atoms with E-state index in [2.05, 4.69) is 15.4 Å². The Labute approximate surface area is 112 Å².